The van der Waals surface area contributed by atoms with E-state index >= 15 is 0 Å². The fraction of sp³-hybridized carbons (Fsp3) is 0.650. The monoisotopic (exact) mass is 391 g/mol. The van der Waals surface area contributed by atoms with Crippen LogP contribution in [0.15, 0.2) is 0 Å². The molecule has 1 amide bonds. The minimum atomic E-state index is -0.239. The molecule has 1 aromatic heterocycles. The van der Waals surface area contributed by atoms with Gasteiger partial charge in [0.05, 0.1) is 18.6 Å². The van der Waals surface area contributed by atoms with Crippen molar-refractivity contribution in [3.8, 4) is 6.07 Å². The molecule has 0 spiro atoms. The third kappa shape index (κ3) is 5.78. The molecule has 0 saturated carbocycles. The fourth-order valence-electron chi connectivity index (χ4n) is 3.44. The summed E-state index contributed by atoms with van der Waals surface area (Å²) in [4.78, 5) is 27.3. The summed E-state index contributed by atoms with van der Waals surface area (Å²) in [5.41, 5.74) is 1.79. The minimum Gasteiger partial charge on any atom is -0.469 e. The van der Waals surface area contributed by atoms with Crippen molar-refractivity contribution in [1.82, 2.24) is 4.90 Å². The van der Waals surface area contributed by atoms with Gasteiger partial charge >= 0.3 is 5.97 Å². The lowest BCUT2D eigenvalue weighted by atomic mass is 10.1. The van der Waals surface area contributed by atoms with Crippen LogP contribution in [-0.2, 0) is 27.2 Å². The zero-order valence-corrected chi connectivity index (χ0v) is 17.3. The van der Waals surface area contributed by atoms with Gasteiger partial charge < -0.3 is 15.0 Å². The van der Waals surface area contributed by atoms with Gasteiger partial charge in [-0.3, -0.25) is 9.59 Å². The maximum atomic E-state index is 12.4. The molecule has 1 unspecified atom stereocenters. The molecule has 1 aromatic rings. The van der Waals surface area contributed by atoms with Gasteiger partial charge in [-0.15, -0.1) is 11.3 Å². The number of methoxy groups -OCH3 is 1. The van der Waals surface area contributed by atoms with Crippen LogP contribution in [0.5, 0.6) is 0 Å². The van der Waals surface area contributed by atoms with Crippen molar-refractivity contribution in [2.45, 2.75) is 52.4 Å². The summed E-state index contributed by atoms with van der Waals surface area (Å²) >= 11 is 1.56. The van der Waals surface area contributed by atoms with Crippen LogP contribution in [0, 0.1) is 17.2 Å². The highest BCUT2D eigenvalue weighted by Crippen LogP contribution is 2.37. The molecule has 2 rings (SSSR count). The molecule has 1 aliphatic rings. The average molecular weight is 392 g/mol. The van der Waals surface area contributed by atoms with E-state index in [-0.39, 0.29) is 17.8 Å². The van der Waals surface area contributed by atoms with Gasteiger partial charge in [-0.2, -0.15) is 5.26 Å². The lowest BCUT2D eigenvalue weighted by Crippen LogP contribution is -2.34. The van der Waals surface area contributed by atoms with Crippen LogP contribution < -0.4 is 5.32 Å². The van der Waals surface area contributed by atoms with Crippen LogP contribution >= 0.6 is 11.3 Å². The van der Waals surface area contributed by atoms with E-state index in [4.69, 9.17) is 4.74 Å². The molecular weight excluding hydrogens is 362 g/mol. The first-order valence-electron chi connectivity index (χ1n) is 9.64. The van der Waals surface area contributed by atoms with E-state index in [0.717, 1.165) is 37.8 Å². The number of rotatable bonds is 8. The summed E-state index contributed by atoms with van der Waals surface area (Å²) in [5.74, 6) is -0.556. The maximum Gasteiger partial charge on any atom is 0.309 e. The van der Waals surface area contributed by atoms with Gasteiger partial charge in [-0.1, -0.05) is 20.3 Å². The lowest BCUT2D eigenvalue weighted by Gasteiger charge is -2.22. The number of hydrogen-bond acceptors (Lipinski definition) is 6. The van der Waals surface area contributed by atoms with Crippen LogP contribution in [0.25, 0.3) is 0 Å². The first-order valence-corrected chi connectivity index (χ1v) is 10.5. The highest BCUT2D eigenvalue weighted by Gasteiger charge is 2.21. The van der Waals surface area contributed by atoms with Crippen molar-refractivity contribution in [1.29, 1.82) is 5.26 Å². The van der Waals surface area contributed by atoms with Gasteiger partial charge in [-0.05, 0) is 37.8 Å². The molecule has 7 heteroatoms. The van der Waals surface area contributed by atoms with Crippen molar-refractivity contribution in [3.63, 3.8) is 0 Å². The summed E-state index contributed by atoms with van der Waals surface area (Å²) in [6, 6.07) is 2.29. The van der Waals surface area contributed by atoms with Crippen molar-refractivity contribution >= 4 is 28.2 Å². The molecule has 0 bridgehead atoms. The number of carbonyl (C=O) groups excluding carboxylic acids is 2. The number of ether oxygens (including phenoxy) is 1. The Morgan fingerprint density at radius 3 is 2.74 bits per heavy atom. The highest BCUT2D eigenvalue weighted by molar-refractivity contribution is 7.16. The number of nitriles is 1. The Morgan fingerprint density at radius 1 is 1.33 bits per heavy atom. The predicted molar refractivity (Wildman–Crippen MR) is 107 cm³/mol. The van der Waals surface area contributed by atoms with Crippen molar-refractivity contribution in [2.24, 2.45) is 5.92 Å². The molecule has 1 N–H and O–H groups in total. The summed E-state index contributed by atoms with van der Waals surface area (Å²) in [6.07, 6.45) is 5.71. The van der Waals surface area contributed by atoms with E-state index in [2.05, 4.69) is 16.3 Å². The average Bonchev–Trinajstić information content (AvgIpc) is 2.83. The predicted octanol–water partition coefficient (Wildman–Crippen LogP) is 3.35. The molecule has 0 aromatic carbocycles. The molecule has 0 radical (unpaired) electrons. The zero-order chi connectivity index (χ0) is 19.8. The second-order valence-electron chi connectivity index (χ2n) is 7.00. The number of carbonyl (C=O) groups is 2. The number of thiophene rings is 1. The van der Waals surface area contributed by atoms with Crippen molar-refractivity contribution in [3.05, 3.63) is 16.0 Å². The van der Waals surface area contributed by atoms with E-state index in [1.54, 1.807) is 11.3 Å². The molecule has 0 aliphatic heterocycles. The molecule has 1 aliphatic carbocycles. The van der Waals surface area contributed by atoms with E-state index in [1.165, 1.54) is 18.4 Å². The first-order chi connectivity index (χ1) is 13.0. The normalized spacial score (nSPS) is 14.8. The molecule has 6 nitrogen and oxygen atoms in total. The van der Waals surface area contributed by atoms with Crippen molar-refractivity contribution in [2.75, 3.05) is 32.1 Å². The van der Waals surface area contributed by atoms with E-state index in [1.807, 2.05) is 13.8 Å². The van der Waals surface area contributed by atoms with E-state index < -0.39 is 0 Å². The van der Waals surface area contributed by atoms with Gasteiger partial charge in [0, 0.05) is 24.4 Å². The fourth-order valence-corrected chi connectivity index (χ4v) is 4.70. The van der Waals surface area contributed by atoms with Crippen LogP contribution in [0.3, 0.4) is 0 Å². The molecule has 27 heavy (non-hydrogen) atoms. The SMILES string of the molecule is CCN(CCC(=O)Nc1sc2c(c1C#N)CCCCC2)CC(C)C(=O)OC. The lowest BCUT2D eigenvalue weighted by molar-refractivity contribution is -0.145. The Labute approximate surface area is 165 Å². The maximum absolute atomic E-state index is 12.4. The Morgan fingerprint density at radius 2 is 2.07 bits per heavy atom. The number of fused-ring (bicyclic) bond motifs is 1. The number of aryl methyl sites for hydroxylation is 1. The Kier molecular flexibility index (Phi) is 8.26. The van der Waals surface area contributed by atoms with Gasteiger partial charge in [0.2, 0.25) is 5.91 Å². The number of nitrogens with one attached hydrogen (secondary N) is 1. The number of hydrogen-bond donors (Lipinski definition) is 1. The molecule has 1 heterocycles. The quantitative estimate of drug-likeness (QED) is 0.543. The zero-order valence-electron chi connectivity index (χ0n) is 16.5. The molecular formula is C20H29N3O3S. The second kappa shape index (κ2) is 10.4. The Balaban J connectivity index is 1.94. The topological polar surface area (TPSA) is 82.4 Å². The minimum absolute atomic E-state index is 0.0907. The van der Waals surface area contributed by atoms with Crippen molar-refractivity contribution < 1.29 is 14.3 Å². The summed E-state index contributed by atoms with van der Waals surface area (Å²) < 4.78 is 4.76. The van der Waals surface area contributed by atoms with E-state index in [0.29, 0.717) is 30.1 Å². The van der Waals surface area contributed by atoms with Crippen LogP contribution in [0.1, 0.15) is 55.5 Å². The van der Waals surface area contributed by atoms with Gasteiger partial charge in [0.1, 0.15) is 11.1 Å². The number of amides is 1. The highest BCUT2D eigenvalue weighted by atomic mass is 32.1. The number of esters is 1. The van der Waals surface area contributed by atoms with Gasteiger partial charge in [-0.25, -0.2) is 0 Å². The molecule has 0 fully saturated rings. The second-order valence-corrected chi connectivity index (χ2v) is 8.10. The largest absolute Gasteiger partial charge is 0.469 e. The van der Waals surface area contributed by atoms with Gasteiger partial charge in [0.25, 0.3) is 0 Å². The summed E-state index contributed by atoms with van der Waals surface area (Å²) in [5, 5.41) is 13.2. The molecule has 1 atom stereocenters. The number of nitrogens with zero attached hydrogens (tertiary/aromatic N) is 2. The van der Waals surface area contributed by atoms with Gasteiger partial charge in [0.15, 0.2) is 0 Å². The van der Waals surface area contributed by atoms with E-state index in [9.17, 15) is 14.9 Å². The summed E-state index contributed by atoms with van der Waals surface area (Å²) in [7, 11) is 1.39. The Bertz CT molecular complexity index is 708. The molecule has 0 saturated heterocycles. The first kappa shape index (κ1) is 21.4. The van der Waals surface area contributed by atoms with Crippen LogP contribution in [-0.4, -0.2) is 43.5 Å². The third-order valence-electron chi connectivity index (χ3n) is 5.02. The van der Waals surface area contributed by atoms with Crippen LogP contribution in [0.4, 0.5) is 5.00 Å². The number of anilines is 1. The summed E-state index contributed by atoms with van der Waals surface area (Å²) in [6.45, 7) is 5.72. The smallest absolute Gasteiger partial charge is 0.309 e. The Hall–Kier alpha value is -1.91. The third-order valence-corrected chi connectivity index (χ3v) is 6.23. The standard InChI is InChI=1S/C20H29N3O3S/c1-4-23(13-14(2)20(25)26-3)11-10-18(24)22-19-16(12-21)15-8-6-5-7-9-17(15)27-19/h14H,4-11,13H2,1-3H3,(H,22,24). The molecule has 148 valence electrons. The van der Waals surface area contributed by atoms with Crippen LogP contribution in [0.2, 0.25) is 0 Å².